The van der Waals surface area contributed by atoms with E-state index < -0.39 is 0 Å². The quantitative estimate of drug-likeness (QED) is 0.705. The van der Waals surface area contributed by atoms with Crippen LogP contribution >= 0.6 is 0 Å². The van der Waals surface area contributed by atoms with E-state index in [9.17, 15) is 4.79 Å². The molecule has 1 aliphatic heterocycles. The Labute approximate surface area is 91.6 Å². The Kier molecular flexibility index (Phi) is 3.26. The fourth-order valence-corrected chi connectivity index (χ4v) is 2.07. The first-order chi connectivity index (χ1) is 7.15. The van der Waals surface area contributed by atoms with Crippen LogP contribution in [-0.2, 0) is 4.79 Å². The molecule has 0 aromatic carbocycles. The molecule has 2 fully saturated rings. The summed E-state index contributed by atoms with van der Waals surface area (Å²) in [6.07, 6.45) is 4.01. The number of nitrogens with one attached hydrogen (secondary N) is 1. The SMILES string of the molecule is CN(C)CC(=O)N1CC(NC2CCC2)C1. The van der Waals surface area contributed by atoms with Crippen molar-refractivity contribution in [2.24, 2.45) is 0 Å². The maximum atomic E-state index is 11.6. The van der Waals surface area contributed by atoms with Crippen LogP contribution in [0.4, 0.5) is 0 Å². The van der Waals surface area contributed by atoms with E-state index in [0.717, 1.165) is 19.1 Å². The molecule has 0 aromatic heterocycles. The summed E-state index contributed by atoms with van der Waals surface area (Å²) in [7, 11) is 3.86. The van der Waals surface area contributed by atoms with Gasteiger partial charge in [-0.15, -0.1) is 0 Å². The molecule has 0 unspecified atom stereocenters. The Balaban J connectivity index is 1.62. The van der Waals surface area contributed by atoms with Crippen molar-refractivity contribution in [2.75, 3.05) is 33.7 Å². The van der Waals surface area contributed by atoms with Crippen LogP contribution < -0.4 is 5.32 Å². The van der Waals surface area contributed by atoms with Gasteiger partial charge in [-0.2, -0.15) is 0 Å². The maximum absolute atomic E-state index is 11.6. The minimum Gasteiger partial charge on any atom is -0.338 e. The third kappa shape index (κ3) is 2.69. The number of likely N-dealkylation sites (N-methyl/N-ethyl adjacent to an activating group) is 1. The van der Waals surface area contributed by atoms with Gasteiger partial charge in [0.15, 0.2) is 0 Å². The monoisotopic (exact) mass is 211 g/mol. The molecule has 0 spiro atoms. The van der Waals surface area contributed by atoms with E-state index in [0.29, 0.717) is 12.6 Å². The number of amides is 1. The number of hydrogen-bond donors (Lipinski definition) is 1. The van der Waals surface area contributed by atoms with Gasteiger partial charge in [0.25, 0.3) is 0 Å². The number of nitrogens with zero attached hydrogens (tertiary/aromatic N) is 2. The second-order valence-electron chi connectivity index (χ2n) is 5.03. The summed E-state index contributed by atoms with van der Waals surface area (Å²) in [5, 5.41) is 3.58. The van der Waals surface area contributed by atoms with Crippen LogP contribution in [0, 0.1) is 0 Å². The van der Waals surface area contributed by atoms with Gasteiger partial charge in [-0.1, -0.05) is 6.42 Å². The summed E-state index contributed by atoms with van der Waals surface area (Å²) < 4.78 is 0. The molecule has 0 bridgehead atoms. The largest absolute Gasteiger partial charge is 0.338 e. The molecule has 0 atom stereocenters. The van der Waals surface area contributed by atoms with Gasteiger partial charge in [0, 0.05) is 25.2 Å². The molecule has 4 nitrogen and oxygen atoms in total. The predicted molar refractivity (Wildman–Crippen MR) is 59.7 cm³/mol. The van der Waals surface area contributed by atoms with Crippen molar-refractivity contribution in [3.63, 3.8) is 0 Å². The minimum atomic E-state index is 0.256. The molecule has 0 aromatic rings. The van der Waals surface area contributed by atoms with Crippen LogP contribution in [-0.4, -0.2) is 61.5 Å². The molecular weight excluding hydrogens is 190 g/mol. The highest BCUT2D eigenvalue weighted by atomic mass is 16.2. The lowest BCUT2D eigenvalue weighted by Gasteiger charge is -2.43. The predicted octanol–water partition coefficient (Wildman–Crippen LogP) is -0.0991. The van der Waals surface area contributed by atoms with E-state index >= 15 is 0 Å². The van der Waals surface area contributed by atoms with Gasteiger partial charge in [0.2, 0.25) is 5.91 Å². The highest BCUT2D eigenvalue weighted by Crippen LogP contribution is 2.20. The van der Waals surface area contributed by atoms with Crippen molar-refractivity contribution in [3.8, 4) is 0 Å². The van der Waals surface area contributed by atoms with Crippen molar-refractivity contribution in [1.29, 1.82) is 0 Å². The summed E-state index contributed by atoms with van der Waals surface area (Å²) in [6, 6.07) is 1.29. The molecule has 1 saturated carbocycles. The van der Waals surface area contributed by atoms with Crippen LogP contribution in [0.2, 0.25) is 0 Å². The number of likely N-dealkylation sites (tertiary alicyclic amines) is 1. The normalized spacial score (nSPS) is 22.7. The van der Waals surface area contributed by atoms with E-state index in [1.807, 2.05) is 23.9 Å². The summed E-state index contributed by atoms with van der Waals surface area (Å²) in [6.45, 7) is 2.35. The van der Waals surface area contributed by atoms with Gasteiger partial charge in [0.05, 0.1) is 6.54 Å². The number of rotatable bonds is 4. The minimum absolute atomic E-state index is 0.256. The third-order valence-electron chi connectivity index (χ3n) is 3.26. The molecule has 1 amide bonds. The van der Waals surface area contributed by atoms with Crippen LogP contribution in [0.5, 0.6) is 0 Å². The Bertz CT molecular complexity index is 232. The first kappa shape index (κ1) is 10.9. The summed E-state index contributed by atoms with van der Waals surface area (Å²) >= 11 is 0. The fourth-order valence-electron chi connectivity index (χ4n) is 2.07. The summed E-state index contributed by atoms with van der Waals surface area (Å²) in [5.41, 5.74) is 0. The second kappa shape index (κ2) is 4.49. The molecule has 86 valence electrons. The van der Waals surface area contributed by atoms with Gasteiger partial charge in [-0.05, 0) is 26.9 Å². The van der Waals surface area contributed by atoms with Crippen molar-refractivity contribution in [2.45, 2.75) is 31.3 Å². The maximum Gasteiger partial charge on any atom is 0.236 e. The van der Waals surface area contributed by atoms with Gasteiger partial charge in [-0.25, -0.2) is 0 Å². The average Bonchev–Trinajstić information content (AvgIpc) is 1.96. The van der Waals surface area contributed by atoms with Crippen molar-refractivity contribution >= 4 is 5.91 Å². The number of carbonyl (C=O) groups is 1. The van der Waals surface area contributed by atoms with Crippen LogP contribution in [0.1, 0.15) is 19.3 Å². The molecule has 2 aliphatic rings. The Morgan fingerprint density at radius 3 is 2.47 bits per heavy atom. The Hall–Kier alpha value is -0.610. The van der Waals surface area contributed by atoms with E-state index in [-0.39, 0.29) is 5.91 Å². The van der Waals surface area contributed by atoms with Crippen molar-refractivity contribution in [1.82, 2.24) is 15.1 Å². The Morgan fingerprint density at radius 1 is 1.33 bits per heavy atom. The zero-order chi connectivity index (χ0) is 10.8. The Morgan fingerprint density at radius 2 is 2.00 bits per heavy atom. The summed E-state index contributed by atoms with van der Waals surface area (Å²) in [4.78, 5) is 15.5. The first-order valence-electron chi connectivity index (χ1n) is 5.83. The van der Waals surface area contributed by atoms with Crippen LogP contribution in [0.15, 0.2) is 0 Å². The third-order valence-corrected chi connectivity index (χ3v) is 3.26. The molecule has 1 N–H and O–H groups in total. The zero-order valence-electron chi connectivity index (χ0n) is 9.70. The zero-order valence-corrected chi connectivity index (χ0v) is 9.70. The fraction of sp³-hybridized carbons (Fsp3) is 0.909. The summed E-state index contributed by atoms with van der Waals surface area (Å²) in [5.74, 6) is 0.256. The lowest BCUT2D eigenvalue weighted by molar-refractivity contribution is -0.136. The van der Waals surface area contributed by atoms with Crippen molar-refractivity contribution < 1.29 is 4.79 Å². The highest BCUT2D eigenvalue weighted by molar-refractivity contribution is 5.79. The lowest BCUT2D eigenvalue weighted by atomic mass is 9.91. The second-order valence-corrected chi connectivity index (χ2v) is 5.03. The molecule has 1 aliphatic carbocycles. The van der Waals surface area contributed by atoms with Gasteiger partial charge < -0.3 is 15.1 Å². The van der Waals surface area contributed by atoms with Gasteiger partial charge >= 0.3 is 0 Å². The first-order valence-corrected chi connectivity index (χ1v) is 5.83. The van der Waals surface area contributed by atoms with Crippen LogP contribution in [0.25, 0.3) is 0 Å². The molecule has 0 radical (unpaired) electrons. The number of hydrogen-bond acceptors (Lipinski definition) is 3. The van der Waals surface area contributed by atoms with E-state index in [2.05, 4.69) is 5.32 Å². The lowest BCUT2D eigenvalue weighted by Crippen LogP contribution is -2.63. The van der Waals surface area contributed by atoms with Crippen LogP contribution in [0.3, 0.4) is 0 Å². The molecule has 4 heteroatoms. The molecule has 1 saturated heterocycles. The topological polar surface area (TPSA) is 35.6 Å². The smallest absolute Gasteiger partial charge is 0.236 e. The molecule has 1 heterocycles. The van der Waals surface area contributed by atoms with Gasteiger partial charge in [0.1, 0.15) is 0 Å². The standard InChI is InChI=1S/C11H21N3O/c1-13(2)8-11(15)14-6-10(7-14)12-9-4-3-5-9/h9-10,12H,3-8H2,1-2H3. The van der Waals surface area contributed by atoms with E-state index in [1.54, 1.807) is 0 Å². The average molecular weight is 211 g/mol. The molecular formula is C11H21N3O. The van der Waals surface area contributed by atoms with E-state index in [4.69, 9.17) is 0 Å². The van der Waals surface area contributed by atoms with E-state index in [1.165, 1.54) is 19.3 Å². The van der Waals surface area contributed by atoms with Crippen molar-refractivity contribution in [3.05, 3.63) is 0 Å². The number of carbonyl (C=O) groups excluding carboxylic acids is 1. The highest BCUT2D eigenvalue weighted by Gasteiger charge is 2.32. The van der Waals surface area contributed by atoms with Gasteiger partial charge in [-0.3, -0.25) is 4.79 Å². The molecule has 15 heavy (non-hydrogen) atoms. The molecule has 2 rings (SSSR count).